The normalized spacial score (nSPS) is 10.5. The molecule has 0 saturated carbocycles. The number of nitrogens with zero attached hydrogens (tertiary/aromatic N) is 2. The molecule has 2 aromatic rings. The molecule has 0 aliphatic rings. The van der Waals surface area contributed by atoms with Gasteiger partial charge >= 0.3 is 0 Å². The lowest BCUT2D eigenvalue weighted by Crippen LogP contribution is -2.00. The summed E-state index contributed by atoms with van der Waals surface area (Å²) < 4.78 is 1.65. The first-order valence-corrected chi connectivity index (χ1v) is 7.80. The maximum atomic E-state index is 6.06. The number of halogens is 3. The summed E-state index contributed by atoms with van der Waals surface area (Å²) in [6.07, 6.45) is 1.87. The smallest absolute Gasteiger partial charge is 0.135 e. The van der Waals surface area contributed by atoms with E-state index in [0.717, 1.165) is 39.2 Å². The predicted molar refractivity (Wildman–Crippen MR) is 86.2 cm³/mol. The molecule has 0 saturated heterocycles. The van der Waals surface area contributed by atoms with Crippen LogP contribution in [0.3, 0.4) is 0 Å². The van der Waals surface area contributed by atoms with E-state index in [0.29, 0.717) is 5.02 Å². The van der Waals surface area contributed by atoms with Crippen molar-refractivity contribution in [2.24, 2.45) is 0 Å². The maximum absolute atomic E-state index is 6.06. The van der Waals surface area contributed by atoms with E-state index in [-0.39, 0.29) is 0 Å². The highest BCUT2D eigenvalue weighted by atomic mass is 79.9. The molecule has 0 fully saturated rings. The van der Waals surface area contributed by atoms with Crippen LogP contribution in [0.2, 0.25) is 5.02 Å². The van der Waals surface area contributed by atoms with Gasteiger partial charge in [0.1, 0.15) is 16.2 Å². The molecule has 0 spiro atoms. The minimum absolute atomic E-state index is 0.659. The summed E-state index contributed by atoms with van der Waals surface area (Å²) in [5, 5.41) is 3.88. The number of benzene rings is 1. The quantitative estimate of drug-likeness (QED) is 0.697. The molecule has 0 unspecified atom stereocenters. The molecule has 0 radical (unpaired) electrons. The van der Waals surface area contributed by atoms with E-state index in [1.165, 1.54) is 0 Å². The Labute approximate surface area is 134 Å². The summed E-state index contributed by atoms with van der Waals surface area (Å²) in [6, 6.07) is 7.52. The highest BCUT2D eigenvalue weighted by Gasteiger charge is 2.04. The summed E-state index contributed by atoms with van der Waals surface area (Å²) in [5.74, 6) is 1.58. The van der Waals surface area contributed by atoms with Gasteiger partial charge in [-0.1, -0.05) is 18.5 Å². The average molecular weight is 406 g/mol. The number of anilines is 2. The van der Waals surface area contributed by atoms with Crippen molar-refractivity contribution in [1.29, 1.82) is 0 Å². The Morgan fingerprint density at radius 2 is 2.00 bits per heavy atom. The lowest BCUT2D eigenvalue weighted by atomic mass is 10.3. The maximum Gasteiger partial charge on any atom is 0.135 e. The predicted octanol–water partition coefficient (Wildman–Crippen LogP) is 5.35. The van der Waals surface area contributed by atoms with Gasteiger partial charge in [-0.3, -0.25) is 0 Å². The summed E-state index contributed by atoms with van der Waals surface area (Å²) in [4.78, 5) is 8.79. The third-order valence-electron chi connectivity index (χ3n) is 2.41. The Morgan fingerprint density at radius 3 is 2.68 bits per heavy atom. The van der Waals surface area contributed by atoms with E-state index in [2.05, 4.69) is 54.1 Å². The van der Waals surface area contributed by atoms with E-state index in [4.69, 9.17) is 11.6 Å². The highest BCUT2D eigenvalue weighted by molar-refractivity contribution is 9.10. The number of nitrogens with one attached hydrogen (secondary N) is 1. The molecule has 1 heterocycles. The van der Waals surface area contributed by atoms with Crippen LogP contribution in [-0.4, -0.2) is 9.97 Å². The standard InChI is InChI=1S/C13H12Br2ClN3/c1-2-3-12-18-11(15)7-13(19-12)17-8-4-5-9(14)10(16)6-8/h4-7H,2-3H2,1H3,(H,17,18,19). The average Bonchev–Trinajstić information content (AvgIpc) is 2.33. The molecule has 1 aromatic carbocycles. The van der Waals surface area contributed by atoms with Crippen molar-refractivity contribution in [2.45, 2.75) is 19.8 Å². The van der Waals surface area contributed by atoms with Gasteiger partial charge in [0.25, 0.3) is 0 Å². The second-order valence-electron chi connectivity index (χ2n) is 4.00. The molecule has 1 aromatic heterocycles. The fraction of sp³-hybridized carbons (Fsp3) is 0.231. The molecule has 3 nitrogen and oxygen atoms in total. The van der Waals surface area contributed by atoms with Gasteiger partial charge in [-0.25, -0.2) is 9.97 Å². The van der Waals surface area contributed by atoms with Crippen molar-refractivity contribution in [3.05, 3.63) is 44.2 Å². The van der Waals surface area contributed by atoms with Gasteiger partial charge in [0, 0.05) is 22.6 Å². The number of hydrogen-bond donors (Lipinski definition) is 1. The Balaban J connectivity index is 2.24. The van der Waals surface area contributed by atoms with Crippen molar-refractivity contribution in [2.75, 3.05) is 5.32 Å². The lowest BCUT2D eigenvalue weighted by molar-refractivity contribution is 0.831. The number of rotatable bonds is 4. The van der Waals surface area contributed by atoms with Crippen LogP contribution in [0.1, 0.15) is 19.2 Å². The third kappa shape index (κ3) is 4.16. The minimum atomic E-state index is 0.659. The van der Waals surface area contributed by atoms with Crippen LogP contribution >= 0.6 is 43.5 Å². The minimum Gasteiger partial charge on any atom is -0.340 e. The number of hydrogen-bond acceptors (Lipinski definition) is 3. The summed E-state index contributed by atoms with van der Waals surface area (Å²) in [5.41, 5.74) is 0.890. The van der Waals surface area contributed by atoms with Crippen LogP contribution in [0.25, 0.3) is 0 Å². The van der Waals surface area contributed by atoms with Gasteiger partial charge in [0.15, 0.2) is 0 Å². The molecule has 2 rings (SSSR count). The second kappa shape index (κ2) is 6.68. The zero-order valence-electron chi connectivity index (χ0n) is 10.3. The Bertz CT molecular complexity index is 590. The van der Waals surface area contributed by atoms with E-state index in [1.54, 1.807) is 0 Å². The largest absolute Gasteiger partial charge is 0.340 e. The van der Waals surface area contributed by atoms with Crippen LogP contribution in [0.5, 0.6) is 0 Å². The van der Waals surface area contributed by atoms with Crippen LogP contribution in [0.15, 0.2) is 33.3 Å². The molecule has 100 valence electrons. The van der Waals surface area contributed by atoms with Crippen LogP contribution in [0.4, 0.5) is 11.5 Å². The molecule has 0 amide bonds. The monoisotopic (exact) mass is 403 g/mol. The van der Waals surface area contributed by atoms with E-state index < -0.39 is 0 Å². The van der Waals surface area contributed by atoms with Gasteiger partial charge in [0.05, 0.1) is 5.02 Å². The van der Waals surface area contributed by atoms with Crippen molar-refractivity contribution >= 4 is 55.0 Å². The fourth-order valence-corrected chi connectivity index (χ4v) is 2.43. The SMILES string of the molecule is CCCc1nc(Br)cc(Nc2ccc(Br)c(Cl)c2)n1. The highest BCUT2D eigenvalue weighted by Crippen LogP contribution is 2.27. The fourth-order valence-electron chi connectivity index (χ4n) is 1.59. The Hall–Kier alpha value is -0.650. The zero-order valence-corrected chi connectivity index (χ0v) is 14.2. The molecule has 0 atom stereocenters. The molecular weight excluding hydrogens is 393 g/mol. The van der Waals surface area contributed by atoms with Crippen molar-refractivity contribution in [1.82, 2.24) is 9.97 Å². The van der Waals surface area contributed by atoms with Gasteiger partial charge < -0.3 is 5.32 Å². The summed E-state index contributed by atoms with van der Waals surface area (Å²) in [6.45, 7) is 2.10. The summed E-state index contributed by atoms with van der Waals surface area (Å²) >= 11 is 12.8. The topological polar surface area (TPSA) is 37.8 Å². The molecule has 1 N–H and O–H groups in total. The van der Waals surface area contributed by atoms with Gasteiger partial charge in [0.2, 0.25) is 0 Å². The van der Waals surface area contributed by atoms with Crippen molar-refractivity contribution in [3.8, 4) is 0 Å². The molecule has 19 heavy (non-hydrogen) atoms. The van der Waals surface area contributed by atoms with Gasteiger partial charge in [-0.2, -0.15) is 0 Å². The Morgan fingerprint density at radius 1 is 1.21 bits per heavy atom. The van der Waals surface area contributed by atoms with Crippen LogP contribution in [0, 0.1) is 0 Å². The molecule has 0 bridgehead atoms. The van der Waals surface area contributed by atoms with E-state index in [1.807, 2.05) is 24.3 Å². The zero-order chi connectivity index (χ0) is 13.8. The van der Waals surface area contributed by atoms with Crippen LogP contribution in [-0.2, 0) is 6.42 Å². The lowest BCUT2D eigenvalue weighted by Gasteiger charge is -2.08. The van der Waals surface area contributed by atoms with E-state index >= 15 is 0 Å². The molecule has 0 aliphatic carbocycles. The van der Waals surface area contributed by atoms with Crippen molar-refractivity contribution < 1.29 is 0 Å². The first-order chi connectivity index (χ1) is 9.08. The third-order valence-corrected chi connectivity index (χ3v) is 4.05. The van der Waals surface area contributed by atoms with Crippen molar-refractivity contribution in [3.63, 3.8) is 0 Å². The van der Waals surface area contributed by atoms with Crippen LogP contribution < -0.4 is 5.32 Å². The molecular formula is C13H12Br2ClN3. The summed E-state index contributed by atoms with van der Waals surface area (Å²) in [7, 11) is 0. The first-order valence-electron chi connectivity index (χ1n) is 5.84. The second-order valence-corrected chi connectivity index (χ2v) is 6.07. The number of aryl methyl sites for hydroxylation is 1. The van der Waals surface area contributed by atoms with E-state index in [9.17, 15) is 0 Å². The Kier molecular flexibility index (Phi) is 5.19. The number of aromatic nitrogens is 2. The van der Waals surface area contributed by atoms with Gasteiger partial charge in [-0.05, 0) is 56.5 Å². The first kappa shape index (κ1) is 14.8. The molecule has 6 heteroatoms. The van der Waals surface area contributed by atoms with Gasteiger partial charge in [-0.15, -0.1) is 0 Å². The molecule has 0 aliphatic heterocycles.